The molecule has 0 radical (unpaired) electrons. The summed E-state index contributed by atoms with van der Waals surface area (Å²) in [7, 11) is 1.55. The summed E-state index contributed by atoms with van der Waals surface area (Å²) in [4.78, 5) is 42.9. The first-order valence-electron chi connectivity index (χ1n) is 8.81. The van der Waals surface area contributed by atoms with Crippen molar-refractivity contribution in [2.45, 2.75) is 20.0 Å². The predicted molar refractivity (Wildman–Crippen MR) is 106 cm³/mol. The molecule has 3 aromatic heterocycles. The summed E-state index contributed by atoms with van der Waals surface area (Å²) in [5.74, 6) is 0.243. The number of carbonyl (C=O) groups excluding carboxylic acids is 1. The van der Waals surface area contributed by atoms with Crippen LogP contribution in [0.15, 0.2) is 58.8 Å². The van der Waals surface area contributed by atoms with Crippen LogP contribution in [0.2, 0.25) is 0 Å². The van der Waals surface area contributed by atoms with Gasteiger partial charge in [0, 0.05) is 31.0 Å². The Bertz CT molecular complexity index is 1350. The highest BCUT2D eigenvalue weighted by molar-refractivity contribution is 5.95. The Morgan fingerprint density at radius 1 is 1.18 bits per heavy atom. The van der Waals surface area contributed by atoms with Crippen LogP contribution in [0.5, 0.6) is 0 Å². The van der Waals surface area contributed by atoms with Crippen LogP contribution in [-0.2, 0) is 20.1 Å². The Morgan fingerprint density at radius 2 is 1.89 bits per heavy atom. The maximum absolute atomic E-state index is 13.1. The van der Waals surface area contributed by atoms with Crippen molar-refractivity contribution in [3.8, 4) is 0 Å². The van der Waals surface area contributed by atoms with Gasteiger partial charge in [0.25, 0.3) is 5.56 Å². The molecule has 0 saturated carbocycles. The monoisotopic (exact) mass is 377 g/mol. The fourth-order valence-corrected chi connectivity index (χ4v) is 3.41. The van der Waals surface area contributed by atoms with E-state index in [0.717, 1.165) is 10.3 Å². The largest absolute Gasteiger partial charge is 0.332 e. The van der Waals surface area contributed by atoms with Crippen LogP contribution in [0.25, 0.3) is 16.9 Å². The molecule has 3 heterocycles. The molecule has 0 aliphatic carbocycles. The summed E-state index contributed by atoms with van der Waals surface area (Å²) in [5.41, 5.74) is 0.794. The van der Waals surface area contributed by atoms with Crippen molar-refractivity contribution >= 4 is 22.7 Å². The molecule has 0 aliphatic rings. The zero-order chi connectivity index (χ0) is 20.0. The molecule has 0 unspecified atom stereocenters. The highest BCUT2D eigenvalue weighted by atomic mass is 16.2. The summed E-state index contributed by atoms with van der Waals surface area (Å²) in [5, 5.41) is 0. The summed E-state index contributed by atoms with van der Waals surface area (Å²) < 4.78 is 5.83. The summed E-state index contributed by atoms with van der Waals surface area (Å²) >= 11 is 0. The molecular formula is C20H19N5O3. The summed E-state index contributed by atoms with van der Waals surface area (Å²) in [6.07, 6.45) is 3.53. The normalized spacial score (nSPS) is 11.4. The number of benzene rings is 1. The number of fused-ring (bicyclic) bond motifs is 3. The van der Waals surface area contributed by atoms with Crippen LogP contribution < -0.4 is 11.2 Å². The van der Waals surface area contributed by atoms with Crippen LogP contribution in [0.1, 0.15) is 16.1 Å². The van der Waals surface area contributed by atoms with E-state index in [1.807, 2.05) is 11.5 Å². The van der Waals surface area contributed by atoms with Crippen molar-refractivity contribution in [1.82, 2.24) is 23.1 Å². The molecular weight excluding hydrogens is 358 g/mol. The van der Waals surface area contributed by atoms with E-state index in [2.05, 4.69) is 11.6 Å². The number of rotatable bonds is 5. The van der Waals surface area contributed by atoms with Crippen LogP contribution in [0.3, 0.4) is 0 Å². The van der Waals surface area contributed by atoms with Gasteiger partial charge in [0.05, 0.1) is 6.54 Å². The number of nitrogens with zero attached hydrogens (tertiary/aromatic N) is 5. The minimum Gasteiger partial charge on any atom is -0.310 e. The van der Waals surface area contributed by atoms with E-state index >= 15 is 0 Å². The van der Waals surface area contributed by atoms with Crippen LogP contribution in [-0.4, -0.2) is 28.9 Å². The van der Waals surface area contributed by atoms with Crippen molar-refractivity contribution in [1.29, 1.82) is 0 Å². The molecule has 8 nitrogen and oxygen atoms in total. The first-order valence-corrected chi connectivity index (χ1v) is 8.81. The van der Waals surface area contributed by atoms with Crippen LogP contribution in [0, 0.1) is 6.92 Å². The fourth-order valence-electron chi connectivity index (χ4n) is 3.41. The van der Waals surface area contributed by atoms with Crippen molar-refractivity contribution in [2.75, 3.05) is 0 Å². The van der Waals surface area contributed by atoms with Gasteiger partial charge in [-0.1, -0.05) is 36.4 Å². The van der Waals surface area contributed by atoms with Gasteiger partial charge in [-0.2, -0.15) is 4.98 Å². The number of ketones is 1. The number of aromatic nitrogens is 5. The average Bonchev–Trinajstić information content (AvgIpc) is 3.20. The molecule has 0 bridgehead atoms. The lowest BCUT2D eigenvalue weighted by atomic mass is 10.1. The first kappa shape index (κ1) is 17.7. The van der Waals surface area contributed by atoms with E-state index in [4.69, 9.17) is 0 Å². The third-order valence-electron chi connectivity index (χ3n) is 4.85. The minimum absolute atomic E-state index is 0.267. The van der Waals surface area contributed by atoms with Gasteiger partial charge in [0.2, 0.25) is 5.78 Å². The summed E-state index contributed by atoms with van der Waals surface area (Å²) in [6.45, 7) is 5.85. The molecule has 0 fully saturated rings. The lowest BCUT2D eigenvalue weighted by Crippen LogP contribution is -2.41. The predicted octanol–water partition coefficient (Wildman–Crippen LogP) is 1.53. The van der Waals surface area contributed by atoms with Gasteiger partial charge in [-0.3, -0.25) is 23.1 Å². The number of carbonyl (C=O) groups is 1. The molecule has 0 saturated heterocycles. The van der Waals surface area contributed by atoms with E-state index in [0.29, 0.717) is 17.9 Å². The zero-order valence-corrected chi connectivity index (χ0v) is 15.6. The van der Waals surface area contributed by atoms with Crippen molar-refractivity contribution in [3.63, 3.8) is 0 Å². The van der Waals surface area contributed by atoms with Gasteiger partial charge in [0.1, 0.15) is 0 Å². The number of hydrogen-bond donors (Lipinski definition) is 0. The molecule has 4 rings (SSSR count). The Kier molecular flexibility index (Phi) is 4.11. The molecule has 4 aromatic rings. The molecule has 0 atom stereocenters. The second-order valence-corrected chi connectivity index (χ2v) is 6.65. The average molecular weight is 377 g/mol. The fraction of sp³-hybridized carbons (Fsp3) is 0.200. The van der Waals surface area contributed by atoms with Crippen molar-refractivity contribution < 1.29 is 4.79 Å². The molecule has 0 spiro atoms. The second kappa shape index (κ2) is 6.49. The van der Waals surface area contributed by atoms with E-state index < -0.39 is 11.2 Å². The number of hydrogen-bond acceptors (Lipinski definition) is 4. The maximum Gasteiger partial charge on any atom is 0.332 e. The van der Waals surface area contributed by atoms with Gasteiger partial charge in [0.15, 0.2) is 16.9 Å². The lowest BCUT2D eigenvalue weighted by molar-refractivity contribution is 0.0969. The van der Waals surface area contributed by atoms with Crippen molar-refractivity contribution in [2.24, 2.45) is 7.05 Å². The Morgan fingerprint density at radius 3 is 2.57 bits per heavy atom. The minimum atomic E-state index is -0.575. The highest BCUT2D eigenvalue weighted by Gasteiger charge is 2.21. The molecule has 0 N–H and O–H groups in total. The summed E-state index contributed by atoms with van der Waals surface area (Å²) in [6, 6.07) is 8.59. The molecule has 28 heavy (non-hydrogen) atoms. The van der Waals surface area contributed by atoms with E-state index in [9.17, 15) is 14.4 Å². The Hall–Kier alpha value is -3.68. The lowest BCUT2D eigenvalue weighted by Gasteiger charge is -2.07. The third-order valence-corrected chi connectivity index (χ3v) is 4.85. The molecule has 1 aromatic carbocycles. The molecule has 0 aliphatic heterocycles. The van der Waals surface area contributed by atoms with Gasteiger partial charge in [-0.15, -0.1) is 6.58 Å². The van der Waals surface area contributed by atoms with Gasteiger partial charge in [-0.05, 0) is 6.92 Å². The molecule has 0 amide bonds. The number of Topliss-reactive ketones (excluding diaryl/α,β-unsaturated/α-hetero) is 1. The Labute approximate surface area is 159 Å². The molecule has 142 valence electrons. The van der Waals surface area contributed by atoms with Gasteiger partial charge in [-0.25, -0.2) is 4.79 Å². The van der Waals surface area contributed by atoms with Gasteiger partial charge < -0.3 is 4.57 Å². The van der Waals surface area contributed by atoms with E-state index in [1.54, 1.807) is 54.1 Å². The van der Waals surface area contributed by atoms with Gasteiger partial charge >= 0.3 is 5.69 Å². The number of allylic oxidation sites excluding steroid dienone is 1. The van der Waals surface area contributed by atoms with Crippen molar-refractivity contribution in [3.05, 3.63) is 81.3 Å². The molecule has 8 heteroatoms. The van der Waals surface area contributed by atoms with E-state index in [-0.39, 0.29) is 23.5 Å². The highest BCUT2D eigenvalue weighted by Crippen LogP contribution is 2.16. The van der Waals surface area contributed by atoms with E-state index in [1.165, 1.54) is 4.57 Å². The third kappa shape index (κ3) is 2.53. The quantitative estimate of drug-likeness (QED) is 0.390. The van der Waals surface area contributed by atoms with Crippen LogP contribution in [0.4, 0.5) is 0 Å². The number of imidazole rings is 2. The smallest absolute Gasteiger partial charge is 0.310 e. The SMILES string of the molecule is C=CCn1c(C)cn2c3c(=O)n(CC(=O)c4ccccc4)c(=O)n(C)c3nc12. The maximum atomic E-state index is 13.1. The van der Waals surface area contributed by atoms with Crippen LogP contribution >= 0.6 is 0 Å². The Balaban J connectivity index is 1.96. The zero-order valence-electron chi connectivity index (χ0n) is 15.6. The first-order chi connectivity index (χ1) is 13.4. The standard InChI is InChI=1S/C20H19N5O3/c1-4-10-23-13(2)11-24-16-17(21-19(23)24)22(3)20(28)25(18(16)27)12-15(26)14-8-6-5-7-9-14/h4-9,11H,1,10,12H2,2-3H3. The second-order valence-electron chi connectivity index (χ2n) is 6.65. The number of aryl methyl sites for hydroxylation is 2. The topological polar surface area (TPSA) is 83.3 Å².